The van der Waals surface area contributed by atoms with Gasteiger partial charge < -0.3 is 0 Å². The standard InChI is InChI=1S/C19H29NO2S/c1-15-9-10-18-16(13-15)14-20(12-11-19(18,2)3)23(21,22)17-7-5-4-6-8-17/h9-10,13,17H,4-8,11-12,14H2,1-3H3. The molecule has 1 fully saturated rings. The molecule has 1 aromatic carbocycles. The van der Waals surface area contributed by atoms with Crippen molar-refractivity contribution in [3.05, 3.63) is 34.9 Å². The Bertz CT molecular complexity index is 673. The van der Waals surface area contributed by atoms with Gasteiger partial charge in [0.1, 0.15) is 0 Å². The van der Waals surface area contributed by atoms with Gasteiger partial charge in [0, 0.05) is 13.1 Å². The van der Waals surface area contributed by atoms with Crippen LogP contribution in [0.25, 0.3) is 0 Å². The lowest BCUT2D eigenvalue weighted by molar-refractivity contribution is 0.360. The Balaban J connectivity index is 1.94. The van der Waals surface area contributed by atoms with Crippen LogP contribution in [0.15, 0.2) is 18.2 Å². The van der Waals surface area contributed by atoms with Crippen molar-refractivity contribution in [2.75, 3.05) is 6.54 Å². The third-order valence-corrected chi connectivity index (χ3v) is 8.00. The molecule has 0 saturated heterocycles. The summed E-state index contributed by atoms with van der Waals surface area (Å²) in [6, 6.07) is 6.51. The summed E-state index contributed by atoms with van der Waals surface area (Å²) in [7, 11) is -3.18. The highest BCUT2D eigenvalue weighted by atomic mass is 32.2. The molecule has 3 rings (SSSR count). The van der Waals surface area contributed by atoms with Gasteiger partial charge in [0.05, 0.1) is 5.25 Å². The van der Waals surface area contributed by atoms with Gasteiger partial charge >= 0.3 is 0 Å². The van der Waals surface area contributed by atoms with Gasteiger partial charge in [0.25, 0.3) is 0 Å². The summed E-state index contributed by atoms with van der Waals surface area (Å²) in [6.07, 6.45) is 5.85. The molecule has 1 aromatic rings. The Morgan fingerprint density at radius 3 is 2.52 bits per heavy atom. The molecule has 0 radical (unpaired) electrons. The Labute approximate surface area is 141 Å². The van der Waals surface area contributed by atoms with Gasteiger partial charge in [0.2, 0.25) is 10.0 Å². The highest BCUT2D eigenvalue weighted by Gasteiger charge is 2.37. The summed E-state index contributed by atoms with van der Waals surface area (Å²) >= 11 is 0. The van der Waals surface area contributed by atoms with Crippen molar-refractivity contribution in [3.8, 4) is 0 Å². The molecule has 1 aliphatic carbocycles. The molecule has 0 N–H and O–H groups in total. The van der Waals surface area contributed by atoms with Crippen LogP contribution in [0.4, 0.5) is 0 Å². The van der Waals surface area contributed by atoms with Crippen molar-refractivity contribution in [2.45, 2.75) is 76.5 Å². The first-order chi connectivity index (χ1) is 10.8. The van der Waals surface area contributed by atoms with Crippen LogP contribution in [0.5, 0.6) is 0 Å². The van der Waals surface area contributed by atoms with Crippen LogP contribution in [-0.4, -0.2) is 24.5 Å². The van der Waals surface area contributed by atoms with E-state index in [1.807, 2.05) is 0 Å². The fourth-order valence-electron chi connectivity index (χ4n) is 4.11. The summed E-state index contributed by atoms with van der Waals surface area (Å²) in [5.74, 6) is 0. The molecule has 3 nitrogen and oxygen atoms in total. The maximum atomic E-state index is 13.1. The lowest BCUT2D eigenvalue weighted by Crippen LogP contribution is -2.39. The molecule has 0 amide bonds. The predicted molar refractivity (Wildman–Crippen MR) is 95.0 cm³/mol. The number of rotatable bonds is 2. The van der Waals surface area contributed by atoms with Gasteiger partial charge in [-0.2, -0.15) is 4.31 Å². The molecule has 0 atom stereocenters. The maximum Gasteiger partial charge on any atom is 0.217 e. The molecule has 1 heterocycles. The van der Waals surface area contributed by atoms with Crippen LogP contribution < -0.4 is 0 Å². The fourth-order valence-corrected chi connectivity index (χ4v) is 6.13. The zero-order chi connectivity index (χ0) is 16.7. The topological polar surface area (TPSA) is 37.4 Å². The molecule has 23 heavy (non-hydrogen) atoms. The zero-order valence-corrected chi connectivity index (χ0v) is 15.5. The van der Waals surface area contributed by atoms with Gasteiger partial charge in [-0.3, -0.25) is 0 Å². The first kappa shape index (κ1) is 17.0. The van der Waals surface area contributed by atoms with Crippen molar-refractivity contribution in [1.82, 2.24) is 4.31 Å². The van der Waals surface area contributed by atoms with E-state index in [2.05, 4.69) is 39.0 Å². The lowest BCUT2D eigenvalue weighted by Gasteiger charge is -2.29. The molecule has 0 bridgehead atoms. The van der Waals surface area contributed by atoms with Crippen LogP contribution >= 0.6 is 0 Å². The molecule has 0 spiro atoms. The van der Waals surface area contributed by atoms with Gasteiger partial charge in [-0.15, -0.1) is 0 Å². The highest BCUT2D eigenvalue weighted by molar-refractivity contribution is 7.89. The number of hydrogen-bond donors (Lipinski definition) is 0. The fraction of sp³-hybridized carbons (Fsp3) is 0.684. The second-order valence-corrected chi connectivity index (χ2v) is 10.1. The number of nitrogens with zero attached hydrogens (tertiary/aromatic N) is 1. The molecule has 128 valence electrons. The molecular formula is C19H29NO2S. The van der Waals surface area contributed by atoms with E-state index < -0.39 is 10.0 Å². The summed E-state index contributed by atoms with van der Waals surface area (Å²) in [4.78, 5) is 0. The average Bonchev–Trinajstić information content (AvgIpc) is 2.64. The van der Waals surface area contributed by atoms with Crippen LogP contribution in [0.3, 0.4) is 0 Å². The molecule has 1 aliphatic heterocycles. The van der Waals surface area contributed by atoms with E-state index in [9.17, 15) is 8.42 Å². The van der Waals surface area contributed by atoms with Crippen molar-refractivity contribution < 1.29 is 8.42 Å². The average molecular weight is 336 g/mol. The molecule has 4 heteroatoms. The zero-order valence-electron chi connectivity index (χ0n) is 14.6. The first-order valence-electron chi connectivity index (χ1n) is 8.90. The van der Waals surface area contributed by atoms with Gasteiger partial charge in [-0.1, -0.05) is 56.9 Å². The Morgan fingerprint density at radius 2 is 1.83 bits per heavy atom. The molecular weight excluding hydrogens is 306 g/mol. The van der Waals surface area contributed by atoms with Crippen molar-refractivity contribution in [2.24, 2.45) is 0 Å². The Kier molecular flexibility index (Phi) is 4.58. The minimum atomic E-state index is -3.18. The van der Waals surface area contributed by atoms with Crippen LogP contribution in [0.1, 0.15) is 69.1 Å². The number of benzene rings is 1. The second kappa shape index (κ2) is 6.21. The van der Waals surface area contributed by atoms with E-state index in [0.29, 0.717) is 13.1 Å². The molecule has 2 aliphatic rings. The van der Waals surface area contributed by atoms with E-state index in [4.69, 9.17) is 0 Å². The van der Waals surface area contributed by atoms with E-state index in [-0.39, 0.29) is 10.7 Å². The van der Waals surface area contributed by atoms with E-state index in [1.54, 1.807) is 4.31 Å². The Morgan fingerprint density at radius 1 is 1.13 bits per heavy atom. The third kappa shape index (κ3) is 3.34. The van der Waals surface area contributed by atoms with Crippen LogP contribution in [-0.2, 0) is 22.0 Å². The summed E-state index contributed by atoms with van der Waals surface area (Å²) < 4.78 is 28.0. The minimum absolute atomic E-state index is 0.0276. The molecule has 1 saturated carbocycles. The SMILES string of the molecule is Cc1ccc2c(c1)CN(S(=O)(=O)C1CCCCC1)CCC2(C)C. The predicted octanol–water partition coefficient (Wildman–Crippen LogP) is 4.14. The summed E-state index contributed by atoms with van der Waals surface area (Å²) in [5, 5.41) is -0.161. The summed E-state index contributed by atoms with van der Waals surface area (Å²) in [6.45, 7) is 7.73. The first-order valence-corrected chi connectivity index (χ1v) is 10.4. The van der Waals surface area contributed by atoms with Crippen molar-refractivity contribution in [3.63, 3.8) is 0 Å². The monoisotopic (exact) mass is 335 g/mol. The number of hydrogen-bond acceptors (Lipinski definition) is 2. The molecule has 0 aromatic heterocycles. The third-order valence-electron chi connectivity index (χ3n) is 5.66. The van der Waals surface area contributed by atoms with Gasteiger partial charge in [-0.05, 0) is 42.7 Å². The maximum absolute atomic E-state index is 13.1. The van der Waals surface area contributed by atoms with Crippen LogP contribution in [0.2, 0.25) is 0 Å². The largest absolute Gasteiger partial charge is 0.217 e. The van der Waals surface area contributed by atoms with E-state index >= 15 is 0 Å². The normalized spacial score (nSPS) is 23.3. The van der Waals surface area contributed by atoms with Crippen LogP contribution in [0, 0.1) is 6.92 Å². The summed E-state index contributed by atoms with van der Waals surface area (Å²) in [5.41, 5.74) is 3.73. The van der Waals surface area contributed by atoms with Crippen molar-refractivity contribution >= 4 is 10.0 Å². The molecule has 0 unspecified atom stereocenters. The van der Waals surface area contributed by atoms with Crippen molar-refractivity contribution in [1.29, 1.82) is 0 Å². The van der Waals surface area contributed by atoms with Gasteiger partial charge in [0.15, 0.2) is 0 Å². The number of aryl methyl sites for hydroxylation is 1. The van der Waals surface area contributed by atoms with E-state index in [0.717, 1.165) is 32.1 Å². The van der Waals surface area contributed by atoms with Gasteiger partial charge in [-0.25, -0.2) is 8.42 Å². The number of sulfonamides is 1. The number of fused-ring (bicyclic) bond motifs is 1. The quantitative estimate of drug-likeness (QED) is 0.814. The van der Waals surface area contributed by atoms with E-state index in [1.165, 1.54) is 23.1 Å². The minimum Gasteiger partial charge on any atom is -0.212 e. The Hall–Kier alpha value is -0.870. The lowest BCUT2D eigenvalue weighted by atomic mass is 9.79. The second-order valence-electron chi connectivity index (χ2n) is 7.93. The highest BCUT2D eigenvalue weighted by Crippen LogP contribution is 2.36. The smallest absolute Gasteiger partial charge is 0.212 e.